The molecule has 2 aromatic carbocycles. The molecule has 0 bridgehead atoms. The fourth-order valence-corrected chi connectivity index (χ4v) is 2.01. The number of benzene rings is 2. The summed E-state index contributed by atoms with van der Waals surface area (Å²) < 4.78 is 1.26. The fraction of sp³-hybridized carbons (Fsp3) is 0. The molecule has 0 saturated heterocycles. The topological polar surface area (TPSA) is 30.0 Å². The average Bonchev–Trinajstić information content (AvgIpc) is 2.89. The number of rotatable bonds is 1. The van der Waals surface area contributed by atoms with Crippen molar-refractivity contribution in [3.8, 4) is 0 Å². The highest BCUT2D eigenvalue weighted by Gasteiger charge is 1.89. The summed E-state index contributed by atoms with van der Waals surface area (Å²) in [4.78, 5) is 14.1. The highest BCUT2D eigenvalue weighted by Crippen LogP contribution is 2.15. The Balaban J connectivity index is 0.000000128. The van der Waals surface area contributed by atoms with Gasteiger partial charge < -0.3 is 0 Å². The Morgan fingerprint density at radius 3 is 2.29 bits per heavy atom. The second-order valence-electron chi connectivity index (χ2n) is 3.35. The van der Waals surface area contributed by atoms with Gasteiger partial charge in [-0.3, -0.25) is 4.79 Å². The number of carbonyl (C=O) groups excluding carboxylic acids is 1. The predicted molar refractivity (Wildman–Crippen MR) is 71.4 cm³/mol. The minimum atomic E-state index is 0.729. The molecule has 0 aliphatic heterocycles. The normalized spacial score (nSPS) is 9.41. The van der Waals surface area contributed by atoms with Gasteiger partial charge in [0.25, 0.3) is 0 Å². The van der Waals surface area contributed by atoms with Crippen LogP contribution in [0.1, 0.15) is 10.4 Å². The van der Waals surface area contributed by atoms with Gasteiger partial charge in [-0.2, -0.15) is 0 Å². The summed E-state index contributed by atoms with van der Waals surface area (Å²) in [6.07, 6.45) is 0.833. The van der Waals surface area contributed by atoms with Crippen LogP contribution < -0.4 is 0 Å². The summed E-state index contributed by atoms with van der Waals surface area (Å²) in [5.74, 6) is 0. The summed E-state index contributed by atoms with van der Waals surface area (Å²) in [6.45, 7) is 0. The van der Waals surface area contributed by atoms with E-state index in [0.29, 0.717) is 0 Å². The molecule has 0 aliphatic carbocycles. The largest absolute Gasteiger partial charge is 0.298 e. The molecule has 0 aliphatic rings. The molecule has 0 N–H and O–H groups in total. The van der Waals surface area contributed by atoms with E-state index in [1.807, 2.05) is 41.9 Å². The van der Waals surface area contributed by atoms with E-state index in [-0.39, 0.29) is 0 Å². The Labute approximate surface area is 104 Å². The van der Waals surface area contributed by atoms with Crippen molar-refractivity contribution in [1.29, 1.82) is 0 Å². The number of hydrogen-bond acceptors (Lipinski definition) is 3. The Bertz CT molecular complexity index is 559. The standard InChI is InChI=1S/C7H5NS.C7H6O/c1-2-4-7-6(3-1)8-5-9-7;8-6-7-4-2-1-3-5-7/h1-5H;1-6H. The molecule has 1 aromatic heterocycles. The third kappa shape index (κ3) is 3.23. The van der Waals surface area contributed by atoms with Crippen LogP contribution in [0.4, 0.5) is 0 Å². The zero-order valence-electron chi connectivity index (χ0n) is 9.11. The molecule has 3 heteroatoms. The Hall–Kier alpha value is -2.00. The summed E-state index contributed by atoms with van der Waals surface area (Å²) >= 11 is 1.68. The van der Waals surface area contributed by atoms with Crippen LogP contribution in [-0.2, 0) is 0 Å². The fourth-order valence-electron chi connectivity index (χ4n) is 1.33. The number of hydrogen-bond donors (Lipinski definition) is 0. The van der Waals surface area contributed by atoms with Crippen LogP contribution in [0.3, 0.4) is 0 Å². The van der Waals surface area contributed by atoms with Gasteiger partial charge in [-0.05, 0) is 12.1 Å². The minimum absolute atomic E-state index is 0.729. The first-order valence-corrected chi connectivity index (χ1v) is 6.06. The molecule has 0 fully saturated rings. The van der Waals surface area contributed by atoms with Gasteiger partial charge in [-0.1, -0.05) is 42.5 Å². The predicted octanol–water partition coefficient (Wildman–Crippen LogP) is 3.80. The van der Waals surface area contributed by atoms with Crippen LogP contribution in [0.25, 0.3) is 10.2 Å². The maximum atomic E-state index is 10.0. The molecule has 0 radical (unpaired) electrons. The summed E-state index contributed by atoms with van der Waals surface area (Å²) in [5, 5.41) is 0. The number of carbonyl (C=O) groups is 1. The maximum absolute atomic E-state index is 10.0. The number of para-hydroxylation sites is 1. The van der Waals surface area contributed by atoms with E-state index >= 15 is 0 Å². The van der Waals surface area contributed by atoms with E-state index in [9.17, 15) is 4.79 Å². The van der Waals surface area contributed by atoms with Crippen molar-refractivity contribution >= 4 is 27.8 Å². The highest BCUT2D eigenvalue weighted by molar-refractivity contribution is 7.16. The van der Waals surface area contributed by atoms with Gasteiger partial charge in [0.1, 0.15) is 6.29 Å². The number of fused-ring (bicyclic) bond motifs is 1. The Morgan fingerprint density at radius 2 is 1.65 bits per heavy atom. The molecular formula is C14H11NOS. The van der Waals surface area contributed by atoms with E-state index in [1.54, 1.807) is 23.5 Å². The van der Waals surface area contributed by atoms with Crippen molar-refractivity contribution in [3.63, 3.8) is 0 Å². The molecule has 0 saturated carbocycles. The van der Waals surface area contributed by atoms with E-state index < -0.39 is 0 Å². The third-order valence-corrected chi connectivity index (χ3v) is 2.98. The van der Waals surface area contributed by atoms with Crippen LogP contribution >= 0.6 is 11.3 Å². The molecule has 0 spiro atoms. The second-order valence-corrected chi connectivity index (χ2v) is 4.23. The number of aromatic nitrogens is 1. The lowest BCUT2D eigenvalue weighted by atomic mass is 10.2. The SMILES string of the molecule is O=Cc1ccccc1.c1ccc2scnc2c1. The Morgan fingerprint density at radius 1 is 0.941 bits per heavy atom. The van der Waals surface area contributed by atoms with E-state index in [1.165, 1.54) is 4.70 Å². The van der Waals surface area contributed by atoms with Gasteiger partial charge in [-0.15, -0.1) is 11.3 Å². The lowest BCUT2D eigenvalue weighted by molar-refractivity contribution is 0.112. The van der Waals surface area contributed by atoms with Crippen molar-refractivity contribution < 1.29 is 4.79 Å². The lowest BCUT2D eigenvalue weighted by Crippen LogP contribution is -1.73. The molecule has 17 heavy (non-hydrogen) atoms. The molecule has 0 amide bonds. The summed E-state index contributed by atoms with van der Waals surface area (Å²) in [6, 6.07) is 17.2. The summed E-state index contributed by atoms with van der Waals surface area (Å²) in [7, 11) is 0. The van der Waals surface area contributed by atoms with Gasteiger partial charge in [-0.25, -0.2) is 4.98 Å². The summed E-state index contributed by atoms with van der Waals surface area (Å²) in [5.41, 5.74) is 3.69. The van der Waals surface area contributed by atoms with Crippen molar-refractivity contribution in [1.82, 2.24) is 4.98 Å². The van der Waals surface area contributed by atoms with E-state index in [2.05, 4.69) is 11.1 Å². The number of nitrogens with zero attached hydrogens (tertiary/aromatic N) is 1. The van der Waals surface area contributed by atoms with Crippen molar-refractivity contribution in [3.05, 3.63) is 65.7 Å². The van der Waals surface area contributed by atoms with Gasteiger partial charge in [0.05, 0.1) is 15.7 Å². The number of thiazole rings is 1. The van der Waals surface area contributed by atoms with Crippen LogP contribution in [0.15, 0.2) is 60.1 Å². The first kappa shape index (κ1) is 11.5. The van der Waals surface area contributed by atoms with E-state index in [4.69, 9.17) is 0 Å². The second kappa shape index (κ2) is 5.92. The molecule has 84 valence electrons. The van der Waals surface area contributed by atoms with Gasteiger partial charge >= 0.3 is 0 Å². The molecule has 0 atom stereocenters. The van der Waals surface area contributed by atoms with E-state index in [0.717, 1.165) is 17.4 Å². The Kier molecular flexibility index (Phi) is 4.00. The first-order valence-electron chi connectivity index (χ1n) is 5.18. The maximum Gasteiger partial charge on any atom is 0.150 e. The van der Waals surface area contributed by atoms with Gasteiger partial charge in [0.2, 0.25) is 0 Å². The van der Waals surface area contributed by atoms with Crippen molar-refractivity contribution in [2.45, 2.75) is 0 Å². The van der Waals surface area contributed by atoms with Gasteiger partial charge in [0, 0.05) is 5.56 Å². The minimum Gasteiger partial charge on any atom is -0.298 e. The molecule has 1 heterocycles. The molecule has 2 nitrogen and oxygen atoms in total. The average molecular weight is 241 g/mol. The zero-order chi connectivity index (χ0) is 11.9. The smallest absolute Gasteiger partial charge is 0.150 e. The van der Waals surface area contributed by atoms with Crippen molar-refractivity contribution in [2.75, 3.05) is 0 Å². The van der Waals surface area contributed by atoms with Crippen LogP contribution in [-0.4, -0.2) is 11.3 Å². The number of aldehydes is 1. The molecule has 3 aromatic rings. The quantitative estimate of drug-likeness (QED) is 0.607. The monoisotopic (exact) mass is 241 g/mol. The first-order chi connectivity index (χ1) is 8.40. The highest BCUT2D eigenvalue weighted by atomic mass is 32.1. The molecule has 3 rings (SSSR count). The third-order valence-electron chi connectivity index (χ3n) is 2.17. The lowest BCUT2D eigenvalue weighted by Gasteiger charge is -1.81. The van der Waals surface area contributed by atoms with Crippen LogP contribution in [0.5, 0.6) is 0 Å². The molecular weight excluding hydrogens is 230 g/mol. The zero-order valence-corrected chi connectivity index (χ0v) is 9.93. The van der Waals surface area contributed by atoms with Crippen LogP contribution in [0.2, 0.25) is 0 Å². The van der Waals surface area contributed by atoms with Crippen LogP contribution in [0, 0.1) is 0 Å². The molecule has 0 unspecified atom stereocenters. The van der Waals surface area contributed by atoms with Crippen molar-refractivity contribution in [2.24, 2.45) is 0 Å². The van der Waals surface area contributed by atoms with Gasteiger partial charge in [0.15, 0.2) is 0 Å².